The minimum Gasteiger partial charge on any atom is -0.325 e. The molecule has 1 N–H and O–H groups in total. The molecule has 3 heterocycles. The highest BCUT2D eigenvalue weighted by Crippen LogP contribution is 2.15. The number of nitrogens with one attached hydrogen (secondary N) is 1. The van der Waals surface area contributed by atoms with Crippen LogP contribution in [0.1, 0.15) is 12.5 Å². The van der Waals surface area contributed by atoms with Crippen LogP contribution in [0.2, 0.25) is 0 Å². The Morgan fingerprint density at radius 3 is 2.52 bits per heavy atom. The number of carbonyl (C=O) groups is 1. The van der Waals surface area contributed by atoms with E-state index in [0.717, 1.165) is 43.9 Å². The van der Waals surface area contributed by atoms with Crippen LogP contribution in [0.4, 0.5) is 5.69 Å². The Morgan fingerprint density at radius 2 is 1.76 bits per heavy atom. The Morgan fingerprint density at radius 1 is 1.03 bits per heavy atom. The number of fused-ring (bicyclic) bond motifs is 1. The molecule has 8 heteroatoms. The van der Waals surface area contributed by atoms with Gasteiger partial charge in [0.15, 0.2) is 5.65 Å². The molecular weight excluding hydrogens is 368 g/mol. The fourth-order valence-electron chi connectivity index (χ4n) is 3.68. The van der Waals surface area contributed by atoms with Gasteiger partial charge >= 0.3 is 5.69 Å². The minimum atomic E-state index is -0.128. The standard InChI is InChI=1S/C21H26N6O2/c1-2-17-7-3-4-8-18(17)22-20(28)15-24-11-13-25(14-12-24)16-27-21(29)26-10-6-5-9-19(26)23-27/h3-10H,2,11-16H2,1H3,(H,22,28). The summed E-state index contributed by atoms with van der Waals surface area (Å²) in [5.41, 5.74) is 2.56. The zero-order valence-electron chi connectivity index (χ0n) is 16.6. The van der Waals surface area contributed by atoms with E-state index in [0.29, 0.717) is 18.9 Å². The lowest BCUT2D eigenvalue weighted by Gasteiger charge is -2.33. The molecule has 3 aromatic rings. The molecule has 1 aromatic carbocycles. The maximum atomic E-state index is 12.4. The van der Waals surface area contributed by atoms with Crippen LogP contribution >= 0.6 is 0 Å². The van der Waals surface area contributed by atoms with Crippen LogP contribution in [0.3, 0.4) is 0 Å². The molecule has 2 aromatic heterocycles. The Bertz CT molecular complexity index is 1050. The van der Waals surface area contributed by atoms with Gasteiger partial charge in [-0.2, -0.15) is 4.68 Å². The number of benzene rings is 1. The average Bonchev–Trinajstić information content (AvgIpc) is 3.05. The molecular formula is C21H26N6O2. The van der Waals surface area contributed by atoms with E-state index in [4.69, 9.17) is 0 Å². The third-order valence-electron chi connectivity index (χ3n) is 5.33. The highest BCUT2D eigenvalue weighted by atomic mass is 16.2. The van der Waals surface area contributed by atoms with Gasteiger partial charge in [0.05, 0.1) is 13.2 Å². The van der Waals surface area contributed by atoms with Crippen LogP contribution in [0.5, 0.6) is 0 Å². The fourth-order valence-corrected chi connectivity index (χ4v) is 3.68. The Hall–Kier alpha value is -2.97. The molecule has 0 spiro atoms. The molecule has 4 rings (SSSR count). The summed E-state index contributed by atoms with van der Waals surface area (Å²) in [4.78, 5) is 29.2. The van der Waals surface area contributed by atoms with Crippen molar-refractivity contribution in [3.8, 4) is 0 Å². The molecule has 1 amide bonds. The number of pyridine rings is 1. The van der Waals surface area contributed by atoms with Crippen molar-refractivity contribution in [2.75, 3.05) is 38.0 Å². The van der Waals surface area contributed by atoms with E-state index in [2.05, 4.69) is 27.1 Å². The molecule has 0 aliphatic carbocycles. The van der Waals surface area contributed by atoms with E-state index < -0.39 is 0 Å². The van der Waals surface area contributed by atoms with Crippen molar-refractivity contribution >= 4 is 17.2 Å². The third-order valence-corrected chi connectivity index (χ3v) is 5.33. The van der Waals surface area contributed by atoms with Gasteiger partial charge in [-0.3, -0.25) is 19.0 Å². The molecule has 0 radical (unpaired) electrons. The average molecular weight is 394 g/mol. The zero-order valence-corrected chi connectivity index (χ0v) is 16.6. The second-order valence-corrected chi connectivity index (χ2v) is 7.31. The van der Waals surface area contributed by atoms with Crippen molar-refractivity contribution in [1.29, 1.82) is 0 Å². The molecule has 0 saturated carbocycles. The van der Waals surface area contributed by atoms with Crippen LogP contribution in [0.25, 0.3) is 5.65 Å². The minimum absolute atomic E-state index is 0.0101. The Labute approximate surface area is 169 Å². The first-order valence-electron chi connectivity index (χ1n) is 10.0. The molecule has 0 unspecified atom stereocenters. The quantitative estimate of drug-likeness (QED) is 0.682. The zero-order chi connectivity index (χ0) is 20.2. The first kappa shape index (κ1) is 19.4. The van der Waals surface area contributed by atoms with Gasteiger partial charge in [-0.1, -0.05) is 31.2 Å². The van der Waals surface area contributed by atoms with Crippen molar-refractivity contribution in [3.63, 3.8) is 0 Å². The lowest BCUT2D eigenvalue weighted by molar-refractivity contribution is -0.117. The first-order chi connectivity index (χ1) is 14.1. The van der Waals surface area contributed by atoms with Gasteiger partial charge in [-0.25, -0.2) is 4.79 Å². The van der Waals surface area contributed by atoms with E-state index in [1.54, 1.807) is 10.6 Å². The number of piperazine rings is 1. The molecule has 1 aliphatic rings. The predicted molar refractivity (Wildman–Crippen MR) is 112 cm³/mol. The molecule has 1 aliphatic heterocycles. The highest BCUT2D eigenvalue weighted by molar-refractivity contribution is 5.93. The Balaban J connectivity index is 1.29. The van der Waals surface area contributed by atoms with Crippen molar-refractivity contribution < 1.29 is 4.79 Å². The third kappa shape index (κ3) is 4.38. The van der Waals surface area contributed by atoms with E-state index >= 15 is 0 Å². The maximum Gasteiger partial charge on any atom is 0.351 e. The number of amides is 1. The molecule has 152 valence electrons. The summed E-state index contributed by atoms with van der Waals surface area (Å²) in [6, 6.07) is 13.4. The second kappa shape index (κ2) is 8.59. The predicted octanol–water partition coefficient (Wildman–Crippen LogP) is 1.27. The smallest absolute Gasteiger partial charge is 0.325 e. The van der Waals surface area contributed by atoms with Crippen molar-refractivity contribution in [1.82, 2.24) is 24.0 Å². The summed E-state index contributed by atoms with van der Waals surface area (Å²) in [6.45, 7) is 6.07. The summed E-state index contributed by atoms with van der Waals surface area (Å²) in [7, 11) is 0. The van der Waals surface area contributed by atoms with Gasteiger partial charge in [0.25, 0.3) is 0 Å². The largest absolute Gasteiger partial charge is 0.351 e. The van der Waals surface area contributed by atoms with Crippen LogP contribution in [-0.4, -0.2) is 62.6 Å². The molecule has 0 bridgehead atoms. The molecule has 29 heavy (non-hydrogen) atoms. The van der Waals surface area contributed by atoms with E-state index in [9.17, 15) is 9.59 Å². The van der Waals surface area contributed by atoms with Gasteiger partial charge in [-0.05, 0) is 30.2 Å². The van der Waals surface area contributed by atoms with E-state index in [1.807, 2.05) is 42.5 Å². The Kier molecular flexibility index (Phi) is 5.73. The summed E-state index contributed by atoms with van der Waals surface area (Å²) in [5, 5.41) is 7.41. The summed E-state index contributed by atoms with van der Waals surface area (Å²) in [5.74, 6) is 0.0101. The van der Waals surface area contributed by atoms with Gasteiger partial charge in [-0.15, -0.1) is 5.10 Å². The van der Waals surface area contributed by atoms with Gasteiger partial charge in [0.1, 0.15) is 0 Å². The normalized spacial score (nSPS) is 15.6. The van der Waals surface area contributed by atoms with Crippen LogP contribution in [-0.2, 0) is 17.9 Å². The number of rotatable bonds is 6. The summed E-state index contributed by atoms with van der Waals surface area (Å²) < 4.78 is 3.05. The van der Waals surface area contributed by atoms with Gasteiger partial charge < -0.3 is 5.32 Å². The number of nitrogens with zero attached hydrogens (tertiary/aromatic N) is 5. The fraction of sp³-hybridized carbons (Fsp3) is 0.381. The molecule has 0 atom stereocenters. The van der Waals surface area contributed by atoms with Gasteiger partial charge in [0, 0.05) is 38.1 Å². The van der Waals surface area contributed by atoms with Gasteiger partial charge in [0.2, 0.25) is 5.91 Å². The molecule has 1 fully saturated rings. The molecule has 1 saturated heterocycles. The monoisotopic (exact) mass is 394 g/mol. The van der Waals surface area contributed by atoms with Crippen LogP contribution in [0, 0.1) is 0 Å². The SMILES string of the molecule is CCc1ccccc1NC(=O)CN1CCN(Cn2nc3ccccn3c2=O)CC1. The number of anilines is 1. The van der Waals surface area contributed by atoms with Crippen molar-refractivity contribution in [2.24, 2.45) is 0 Å². The lowest BCUT2D eigenvalue weighted by Crippen LogP contribution is -2.49. The lowest BCUT2D eigenvalue weighted by atomic mass is 10.1. The number of hydrogen-bond acceptors (Lipinski definition) is 5. The van der Waals surface area contributed by atoms with Crippen molar-refractivity contribution in [3.05, 3.63) is 64.7 Å². The molecule has 8 nitrogen and oxygen atoms in total. The highest BCUT2D eigenvalue weighted by Gasteiger charge is 2.20. The number of carbonyl (C=O) groups excluding carboxylic acids is 1. The van der Waals surface area contributed by atoms with Crippen LogP contribution < -0.4 is 11.0 Å². The maximum absolute atomic E-state index is 12.4. The van der Waals surface area contributed by atoms with Crippen LogP contribution in [0.15, 0.2) is 53.5 Å². The van der Waals surface area contributed by atoms with Crippen molar-refractivity contribution in [2.45, 2.75) is 20.0 Å². The summed E-state index contributed by atoms with van der Waals surface area (Å²) >= 11 is 0. The topological polar surface area (TPSA) is 74.9 Å². The number of para-hydroxylation sites is 1. The van der Waals surface area contributed by atoms with E-state index in [1.165, 1.54) is 4.68 Å². The van der Waals surface area contributed by atoms with E-state index in [-0.39, 0.29) is 11.6 Å². The number of aryl methyl sites for hydroxylation is 1. The number of hydrogen-bond donors (Lipinski definition) is 1. The summed E-state index contributed by atoms with van der Waals surface area (Å²) in [6.07, 6.45) is 2.62. The first-order valence-corrected chi connectivity index (χ1v) is 10.0. The second-order valence-electron chi connectivity index (χ2n) is 7.31. The number of aromatic nitrogens is 3.